The molecule has 0 saturated carbocycles. The van der Waals surface area contributed by atoms with Crippen molar-refractivity contribution >= 4 is 0 Å². The van der Waals surface area contributed by atoms with Crippen LogP contribution in [0.25, 0.3) is 0 Å². The van der Waals surface area contributed by atoms with Gasteiger partial charge in [0.1, 0.15) is 11.9 Å². The SMILES string of the molecule is CC(C)c1ccccc1O[C@H]1CCNC1. The topological polar surface area (TPSA) is 21.3 Å². The van der Waals surface area contributed by atoms with Crippen molar-refractivity contribution in [3.63, 3.8) is 0 Å². The van der Waals surface area contributed by atoms with Crippen LogP contribution in [0, 0.1) is 0 Å². The van der Waals surface area contributed by atoms with Crippen LogP contribution in [0.3, 0.4) is 0 Å². The van der Waals surface area contributed by atoms with Gasteiger partial charge < -0.3 is 10.1 Å². The summed E-state index contributed by atoms with van der Waals surface area (Å²) >= 11 is 0. The number of rotatable bonds is 3. The lowest BCUT2D eigenvalue weighted by Gasteiger charge is -2.17. The van der Waals surface area contributed by atoms with E-state index in [2.05, 4.69) is 37.4 Å². The first-order valence-corrected chi connectivity index (χ1v) is 5.73. The van der Waals surface area contributed by atoms with Crippen LogP contribution in [0.1, 0.15) is 31.7 Å². The molecule has 0 aliphatic carbocycles. The smallest absolute Gasteiger partial charge is 0.123 e. The van der Waals surface area contributed by atoms with Gasteiger partial charge in [0.15, 0.2) is 0 Å². The number of nitrogens with one attached hydrogen (secondary N) is 1. The Hall–Kier alpha value is -1.02. The molecule has 0 bridgehead atoms. The molecule has 0 aromatic heterocycles. The fourth-order valence-corrected chi connectivity index (χ4v) is 1.97. The van der Waals surface area contributed by atoms with Gasteiger partial charge in [0.25, 0.3) is 0 Å². The third-order valence-electron chi connectivity index (χ3n) is 2.85. The summed E-state index contributed by atoms with van der Waals surface area (Å²) in [7, 11) is 0. The molecular weight excluding hydrogens is 186 g/mol. The Morgan fingerprint density at radius 2 is 2.13 bits per heavy atom. The van der Waals surface area contributed by atoms with Gasteiger partial charge in [-0.1, -0.05) is 32.0 Å². The highest BCUT2D eigenvalue weighted by Crippen LogP contribution is 2.27. The number of para-hydroxylation sites is 1. The standard InChI is InChI=1S/C13H19NO/c1-10(2)12-5-3-4-6-13(12)15-11-7-8-14-9-11/h3-6,10-11,14H,7-9H2,1-2H3/t11-/m0/s1. The molecular formula is C13H19NO. The molecule has 0 spiro atoms. The molecule has 1 aliphatic heterocycles. The lowest BCUT2D eigenvalue weighted by atomic mass is 10.0. The van der Waals surface area contributed by atoms with Crippen LogP contribution in [0.5, 0.6) is 5.75 Å². The molecule has 0 radical (unpaired) electrons. The normalized spacial score (nSPS) is 20.9. The summed E-state index contributed by atoms with van der Waals surface area (Å²) in [5.74, 6) is 1.58. The number of hydrogen-bond acceptors (Lipinski definition) is 2. The molecule has 0 unspecified atom stereocenters. The van der Waals surface area contributed by atoms with Crippen molar-refractivity contribution in [3.8, 4) is 5.75 Å². The maximum Gasteiger partial charge on any atom is 0.123 e. The molecule has 1 N–H and O–H groups in total. The summed E-state index contributed by atoms with van der Waals surface area (Å²) in [4.78, 5) is 0. The van der Waals surface area contributed by atoms with E-state index >= 15 is 0 Å². The third-order valence-corrected chi connectivity index (χ3v) is 2.85. The highest BCUT2D eigenvalue weighted by atomic mass is 16.5. The summed E-state index contributed by atoms with van der Waals surface area (Å²) in [6.07, 6.45) is 1.47. The predicted octanol–water partition coefficient (Wildman–Crippen LogP) is 2.55. The molecule has 1 aliphatic rings. The summed E-state index contributed by atoms with van der Waals surface area (Å²) in [5, 5.41) is 3.32. The molecule has 15 heavy (non-hydrogen) atoms. The Labute approximate surface area is 91.6 Å². The minimum atomic E-state index is 0.352. The van der Waals surface area contributed by atoms with E-state index in [1.807, 2.05) is 6.07 Å². The molecule has 1 fully saturated rings. The second kappa shape index (κ2) is 4.67. The van der Waals surface area contributed by atoms with Gasteiger partial charge in [0, 0.05) is 6.54 Å². The van der Waals surface area contributed by atoms with Gasteiger partial charge >= 0.3 is 0 Å². The first-order valence-electron chi connectivity index (χ1n) is 5.73. The van der Waals surface area contributed by atoms with Crippen LogP contribution in [-0.4, -0.2) is 19.2 Å². The van der Waals surface area contributed by atoms with Crippen molar-refractivity contribution in [3.05, 3.63) is 29.8 Å². The second-order valence-corrected chi connectivity index (χ2v) is 4.43. The lowest BCUT2D eigenvalue weighted by Crippen LogP contribution is -2.20. The first kappa shape index (κ1) is 10.5. The molecule has 2 heteroatoms. The van der Waals surface area contributed by atoms with Crippen LogP contribution < -0.4 is 10.1 Å². The van der Waals surface area contributed by atoms with Crippen molar-refractivity contribution in [2.45, 2.75) is 32.3 Å². The first-order chi connectivity index (χ1) is 7.27. The van der Waals surface area contributed by atoms with Gasteiger partial charge in [-0.15, -0.1) is 0 Å². The number of hydrogen-bond donors (Lipinski definition) is 1. The quantitative estimate of drug-likeness (QED) is 0.818. The zero-order chi connectivity index (χ0) is 10.7. The largest absolute Gasteiger partial charge is 0.489 e. The molecule has 1 heterocycles. The van der Waals surface area contributed by atoms with Gasteiger partial charge in [-0.3, -0.25) is 0 Å². The maximum absolute atomic E-state index is 6.01. The Balaban J connectivity index is 2.12. The van der Waals surface area contributed by atoms with Gasteiger partial charge in [-0.2, -0.15) is 0 Å². The molecule has 1 aromatic rings. The fraction of sp³-hybridized carbons (Fsp3) is 0.538. The highest BCUT2D eigenvalue weighted by Gasteiger charge is 2.17. The highest BCUT2D eigenvalue weighted by molar-refractivity contribution is 5.35. The number of ether oxygens (including phenoxy) is 1. The lowest BCUT2D eigenvalue weighted by molar-refractivity contribution is 0.220. The van der Waals surface area contributed by atoms with E-state index in [9.17, 15) is 0 Å². The van der Waals surface area contributed by atoms with E-state index in [-0.39, 0.29) is 0 Å². The van der Waals surface area contributed by atoms with E-state index in [0.717, 1.165) is 25.3 Å². The van der Waals surface area contributed by atoms with Gasteiger partial charge in [-0.05, 0) is 30.5 Å². The molecule has 2 rings (SSSR count). The zero-order valence-electron chi connectivity index (χ0n) is 9.49. The minimum Gasteiger partial charge on any atom is -0.489 e. The Morgan fingerprint density at radius 1 is 1.33 bits per heavy atom. The van der Waals surface area contributed by atoms with Crippen molar-refractivity contribution in [2.75, 3.05) is 13.1 Å². The van der Waals surface area contributed by atoms with E-state index in [4.69, 9.17) is 4.74 Å². The molecule has 82 valence electrons. The van der Waals surface area contributed by atoms with Gasteiger partial charge in [-0.25, -0.2) is 0 Å². The van der Waals surface area contributed by atoms with Crippen LogP contribution >= 0.6 is 0 Å². The fourth-order valence-electron chi connectivity index (χ4n) is 1.97. The zero-order valence-corrected chi connectivity index (χ0v) is 9.49. The van der Waals surface area contributed by atoms with Crippen molar-refractivity contribution < 1.29 is 4.74 Å². The third kappa shape index (κ3) is 2.51. The molecule has 1 aromatic carbocycles. The van der Waals surface area contributed by atoms with Crippen LogP contribution in [0.15, 0.2) is 24.3 Å². The Bertz CT molecular complexity index is 316. The van der Waals surface area contributed by atoms with Crippen molar-refractivity contribution in [1.29, 1.82) is 0 Å². The van der Waals surface area contributed by atoms with Crippen LogP contribution in [0.4, 0.5) is 0 Å². The molecule has 1 atom stereocenters. The monoisotopic (exact) mass is 205 g/mol. The van der Waals surface area contributed by atoms with E-state index in [0.29, 0.717) is 12.0 Å². The Morgan fingerprint density at radius 3 is 2.80 bits per heavy atom. The van der Waals surface area contributed by atoms with Gasteiger partial charge in [0.05, 0.1) is 0 Å². The number of benzene rings is 1. The van der Waals surface area contributed by atoms with E-state index in [1.165, 1.54) is 5.56 Å². The summed E-state index contributed by atoms with van der Waals surface area (Å²) in [6, 6.07) is 8.36. The maximum atomic E-state index is 6.01. The summed E-state index contributed by atoms with van der Waals surface area (Å²) in [6.45, 7) is 6.46. The van der Waals surface area contributed by atoms with Crippen LogP contribution in [0.2, 0.25) is 0 Å². The van der Waals surface area contributed by atoms with Crippen molar-refractivity contribution in [2.24, 2.45) is 0 Å². The molecule has 1 saturated heterocycles. The van der Waals surface area contributed by atoms with Crippen molar-refractivity contribution in [1.82, 2.24) is 5.32 Å². The molecule has 2 nitrogen and oxygen atoms in total. The van der Waals surface area contributed by atoms with E-state index < -0.39 is 0 Å². The van der Waals surface area contributed by atoms with E-state index in [1.54, 1.807) is 0 Å². The average molecular weight is 205 g/mol. The average Bonchev–Trinajstić information content (AvgIpc) is 2.71. The summed E-state index contributed by atoms with van der Waals surface area (Å²) in [5.41, 5.74) is 1.31. The molecule has 0 amide bonds. The second-order valence-electron chi connectivity index (χ2n) is 4.43. The van der Waals surface area contributed by atoms with Gasteiger partial charge in [0.2, 0.25) is 0 Å². The summed E-state index contributed by atoms with van der Waals surface area (Å²) < 4.78 is 6.01. The Kier molecular flexibility index (Phi) is 3.27. The predicted molar refractivity (Wildman–Crippen MR) is 62.4 cm³/mol. The minimum absolute atomic E-state index is 0.352. The van der Waals surface area contributed by atoms with Crippen LogP contribution in [-0.2, 0) is 0 Å².